The highest BCUT2D eigenvalue weighted by molar-refractivity contribution is 5.61. The maximum atomic E-state index is 12.7. The third-order valence-corrected chi connectivity index (χ3v) is 2.33. The number of hydrogen-bond acceptors (Lipinski definition) is 3. The maximum absolute atomic E-state index is 12.7. The molecule has 0 aliphatic carbocycles. The fourth-order valence-corrected chi connectivity index (χ4v) is 1.54. The predicted octanol–water partition coefficient (Wildman–Crippen LogP) is 2.46. The highest BCUT2D eigenvalue weighted by atomic mass is 19.4. The van der Waals surface area contributed by atoms with Crippen LogP contribution >= 0.6 is 0 Å². The molecule has 0 bridgehead atoms. The van der Waals surface area contributed by atoms with Gasteiger partial charge in [-0.2, -0.15) is 13.2 Å². The first kappa shape index (κ1) is 11.6. The van der Waals surface area contributed by atoms with E-state index >= 15 is 0 Å². The third-order valence-electron chi connectivity index (χ3n) is 2.33. The highest BCUT2D eigenvalue weighted by Gasteiger charge is 2.33. The zero-order chi connectivity index (χ0) is 12.3. The smallest absolute Gasteiger partial charge is 0.365 e. The predicted molar refractivity (Wildman–Crippen MR) is 57.3 cm³/mol. The molecular weight excluding hydrogens is 231 g/mol. The summed E-state index contributed by atoms with van der Waals surface area (Å²) in [7, 11) is 0. The summed E-state index contributed by atoms with van der Waals surface area (Å²) in [6.07, 6.45) is 1.83. The van der Waals surface area contributed by atoms with Crippen LogP contribution in [0.5, 0.6) is 0 Å². The van der Waals surface area contributed by atoms with Crippen molar-refractivity contribution in [2.45, 2.75) is 12.7 Å². The fraction of sp³-hybridized carbons (Fsp3) is 0.273. The molecule has 1 aromatic heterocycles. The van der Waals surface area contributed by atoms with E-state index in [4.69, 9.17) is 0 Å². The van der Waals surface area contributed by atoms with E-state index in [1.54, 1.807) is 23.5 Å². The molecule has 6 heteroatoms. The van der Waals surface area contributed by atoms with Gasteiger partial charge in [0.15, 0.2) is 0 Å². The van der Waals surface area contributed by atoms with Gasteiger partial charge in [0.2, 0.25) is 0 Å². The Labute approximate surface area is 96.3 Å². The number of alkyl halides is 3. The topological polar surface area (TPSA) is 28.5 Å². The van der Waals surface area contributed by atoms with Gasteiger partial charge in [-0.3, -0.25) is 9.98 Å². The van der Waals surface area contributed by atoms with Crippen molar-refractivity contribution in [3.05, 3.63) is 42.0 Å². The van der Waals surface area contributed by atoms with E-state index in [0.717, 1.165) is 6.07 Å². The van der Waals surface area contributed by atoms with Crippen LogP contribution in [0.3, 0.4) is 0 Å². The Balaban J connectivity index is 2.21. The minimum Gasteiger partial charge on any atom is -0.365 e. The first-order valence-electron chi connectivity index (χ1n) is 5.01. The number of halogens is 3. The molecule has 2 heterocycles. The molecule has 0 saturated carbocycles. The van der Waals surface area contributed by atoms with Crippen LogP contribution in [0.25, 0.3) is 0 Å². The highest BCUT2D eigenvalue weighted by Crippen LogP contribution is 2.31. The normalized spacial score (nSPS) is 15.4. The van der Waals surface area contributed by atoms with Crippen LogP contribution in [0.2, 0.25) is 0 Å². The quantitative estimate of drug-likeness (QED) is 0.795. The SMILES string of the molecule is FC(F)(F)c1cccnc1CN1C=CN=CC1. The lowest BCUT2D eigenvalue weighted by Gasteiger charge is -2.21. The largest absolute Gasteiger partial charge is 0.418 e. The number of aliphatic imine (C=N–C) groups is 1. The number of nitrogens with zero attached hydrogens (tertiary/aromatic N) is 3. The Morgan fingerprint density at radius 2 is 2.18 bits per heavy atom. The van der Waals surface area contributed by atoms with Crippen LogP contribution < -0.4 is 0 Å². The monoisotopic (exact) mass is 241 g/mol. The molecular formula is C11H10F3N3. The zero-order valence-corrected chi connectivity index (χ0v) is 8.85. The van der Waals surface area contributed by atoms with Crippen LogP contribution in [0, 0.1) is 0 Å². The van der Waals surface area contributed by atoms with Crippen molar-refractivity contribution in [2.24, 2.45) is 4.99 Å². The summed E-state index contributed by atoms with van der Waals surface area (Å²) < 4.78 is 38.1. The van der Waals surface area contributed by atoms with Crippen molar-refractivity contribution < 1.29 is 13.2 Å². The fourth-order valence-electron chi connectivity index (χ4n) is 1.54. The second-order valence-corrected chi connectivity index (χ2v) is 3.55. The Morgan fingerprint density at radius 1 is 1.35 bits per heavy atom. The van der Waals surface area contributed by atoms with Gasteiger partial charge in [0, 0.05) is 24.8 Å². The third kappa shape index (κ3) is 2.83. The van der Waals surface area contributed by atoms with Crippen LogP contribution in [-0.2, 0) is 12.7 Å². The first-order chi connectivity index (χ1) is 8.07. The molecule has 0 spiro atoms. The van der Waals surface area contributed by atoms with Crippen LogP contribution in [0.4, 0.5) is 13.2 Å². The second kappa shape index (κ2) is 4.57. The Morgan fingerprint density at radius 3 is 2.82 bits per heavy atom. The number of rotatable bonds is 2. The summed E-state index contributed by atoms with van der Waals surface area (Å²) in [5.74, 6) is 0. The Bertz CT molecular complexity index is 452. The summed E-state index contributed by atoms with van der Waals surface area (Å²) in [4.78, 5) is 9.36. The van der Waals surface area contributed by atoms with Gasteiger partial charge >= 0.3 is 6.18 Å². The van der Waals surface area contributed by atoms with Gasteiger partial charge in [0.25, 0.3) is 0 Å². The van der Waals surface area contributed by atoms with Crippen molar-refractivity contribution in [1.29, 1.82) is 0 Å². The van der Waals surface area contributed by atoms with Gasteiger partial charge in [-0.25, -0.2) is 0 Å². The zero-order valence-electron chi connectivity index (χ0n) is 8.85. The van der Waals surface area contributed by atoms with E-state index in [1.807, 2.05) is 0 Å². The molecule has 2 rings (SSSR count). The Hall–Kier alpha value is -1.85. The summed E-state index contributed by atoms with van der Waals surface area (Å²) in [6, 6.07) is 2.34. The number of hydrogen-bond donors (Lipinski definition) is 0. The molecule has 1 aromatic rings. The summed E-state index contributed by atoms with van der Waals surface area (Å²) in [5.41, 5.74) is -0.657. The summed E-state index contributed by atoms with van der Waals surface area (Å²) in [5, 5.41) is 0. The van der Waals surface area contributed by atoms with Crippen molar-refractivity contribution in [1.82, 2.24) is 9.88 Å². The number of pyridine rings is 1. The number of aromatic nitrogens is 1. The summed E-state index contributed by atoms with van der Waals surface area (Å²) in [6.45, 7) is 0.614. The van der Waals surface area contributed by atoms with Gasteiger partial charge in [-0.1, -0.05) is 0 Å². The van der Waals surface area contributed by atoms with Gasteiger partial charge in [-0.15, -0.1) is 0 Å². The van der Waals surface area contributed by atoms with E-state index in [-0.39, 0.29) is 12.2 Å². The molecule has 90 valence electrons. The minimum atomic E-state index is -4.36. The molecule has 0 aromatic carbocycles. The van der Waals surface area contributed by atoms with Crippen molar-refractivity contribution in [3.63, 3.8) is 0 Å². The molecule has 0 N–H and O–H groups in total. The Kier molecular flexibility index (Phi) is 3.12. The average Bonchev–Trinajstić information content (AvgIpc) is 2.30. The standard InChI is InChI=1S/C11H10F3N3/c12-11(13,14)9-2-1-3-16-10(9)8-17-6-4-15-5-7-17/h1-6H,7-8H2. The molecule has 0 amide bonds. The molecule has 0 unspecified atom stereocenters. The van der Waals surface area contributed by atoms with Gasteiger partial charge in [-0.05, 0) is 12.1 Å². The first-order valence-corrected chi connectivity index (χ1v) is 5.01. The van der Waals surface area contributed by atoms with Gasteiger partial charge in [0.1, 0.15) is 0 Å². The molecule has 0 atom stereocenters. The van der Waals surface area contributed by atoms with Gasteiger partial charge in [0.05, 0.1) is 24.3 Å². The van der Waals surface area contributed by atoms with E-state index in [0.29, 0.717) is 6.54 Å². The molecule has 3 nitrogen and oxygen atoms in total. The van der Waals surface area contributed by atoms with Crippen LogP contribution in [0.1, 0.15) is 11.3 Å². The molecule has 0 radical (unpaired) electrons. The van der Waals surface area contributed by atoms with E-state index in [1.165, 1.54) is 12.3 Å². The lowest BCUT2D eigenvalue weighted by Crippen LogP contribution is -2.23. The second-order valence-electron chi connectivity index (χ2n) is 3.55. The molecule has 1 aliphatic rings. The van der Waals surface area contributed by atoms with Crippen molar-refractivity contribution in [2.75, 3.05) is 6.54 Å². The molecule has 17 heavy (non-hydrogen) atoms. The summed E-state index contributed by atoms with van der Waals surface area (Å²) >= 11 is 0. The molecule has 1 aliphatic heterocycles. The maximum Gasteiger partial charge on any atom is 0.418 e. The average molecular weight is 241 g/mol. The van der Waals surface area contributed by atoms with Gasteiger partial charge < -0.3 is 4.90 Å². The van der Waals surface area contributed by atoms with E-state index in [9.17, 15) is 13.2 Å². The van der Waals surface area contributed by atoms with E-state index < -0.39 is 11.7 Å². The lowest BCUT2D eigenvalue weighted by molar-refractivity contribution is -0.138. The molecule has 0 fully saturated rings. The van der Waals surface area contributed by atoms with Crippen molar-refractivity contribution >= 4 is 6.21 Å². The van der Waals surface area contributed by atoms with Crippen LogP contribution in [-0.4, -0.2) is 22.6 Å². The van der Waals surface area contributed by atoms with E-state index in [2.05, 4.69) is 9.98 Å². The minimum absolute atomic E-state index is 0.0277. The van der Waals surface area contributed by atoms with Crippen LogP contribution in [0.15, 0.2) is 35.7 Å². The molecule has 0 saturated heterocycles. The lowest BCUT2D eigenvalue weighted by atomic mass is 10.2. The van der Waals surface area contributed by atoms with Crippen molar-refractivity contribution in [3.8, 4) is 0 Å².